The fourth-order valence-corrected chi connectivity index (χ4v) is 0. The molecule has 0 spiro atoms. The third-order valence-electron chi connectivity index (χ3n) is 0. The van der Waals surface area contributed by atoms with Crippen LogP contribution in [0, 0.1) is 0 Å². The van der Waals surface area contributed by atoms with E-state index < -0.39 is 0 Å². The standard InChI is InChI=1S/BH2O2.W/c2-1-3;/h2-3H;. The largest absolute Gasteiger partial charge is 0.482 e. The van der Waals surface area contributed by atoms with Crippen molar-refractivity contribution in [3.05, 3.63) is 0 Å². The minimum absolute atomic E-state index is 0. The first-order chi connectivity index (χ1) is 1.41. The van der Waals surface area contributed by atoms with Gasteiger partial charge in [0.2, 0.25) is 0 Å². The Kier molecular flexibility index (Phi) is 20.7. The average molecular weight is 229 g/mol. The Labute approximate surface area is 39.4 Å². The maximum Gasteiger partial charge on any atom is 0.482 e. The summed E-state index contributed by atoms with van der Waals surface area (Å²) in [6, 6.07) is 0. The molecular formula is H2BO2W. The normalized spacial score (nSPS) is 3.50. The molecule has 0 bridgehead atoms. The van der Waals surface area contributed by atoms with E-state index in [0.29, 0.717) is 0 Å². The van der Waals surface area contributed by atoms with E-state index in [1.165, 1.54) is 0 Å². The Morgan fingerprint density at radius 2 is 1.25 bits per heavy atom. The number of hydrogen-bond donors (Lipinski definition) is 2. The zero-order chi connectivity index (χ0) is 2.71. The predicted molar refractivity (Wildman–Crippen MR) is 10.2 cm³/mol. The summed E-state index contributed by atoms with van der Waals surface area (Å²) in [5.74, 6) is 0. The minimum Gasteiger partial charge on any atom is -0.429 e. The van der Waals surface area contributed by atoms with Crippen LogP contribution in [0.4, 0.5) is 0 Å². The molecule has 0 saturated carbocycles. The van der Waals surface area contributed by atoms with Crippen LogP contribution in [0.2, 0.25) is 0 Å². The molecule has 0 heterocycles. The van der Waals surface area contributed by atoms with Gasteiger partial charge in [0.05, 0.1) is 0 Å². The Hall–Kier alpha value is 0.673. The Morgan fingerprint density at radius 1 is 1.25 bits per heavy atom. The molecule has 0 aliphatic rings. The fourth-order valence-electron chi connectivity index (χ4n) is 0. The van der Waals surface area contributed by atoms with Crippen LogP contribution >= 0.6 is 0 Å². The molecular weight excluding hydrogens is 227 g/mol. The van der Waals surface area contributed by atoms with Gasteiger partial charge in [0.15, 0.2) is 0 Å². The second kappa shape index (κ2) is 9.38. The summed E-state index contributed by atoms with van der Waals surface area (Å²) in [7, 11) is 0. The van der Waals surface area contributed by atoms with E-state index in [-0.39, 0.29) is 28.8 Å². The molecule has 23 valence electrons. The molecule has 2 nitrogen and oxygen atoms in total. The first-order valence-corrected chi connectivity index (χ1v) is 0.516. The summed E-state index contributed by atoms with van der Waals surface area (Å²) < 4.78 is 0. The third kappa shape index (κ3) is 16.5. The van der Waals surface area contributed by atoms with Gasteiger partial charge in [0.25, 0.3) is 0 Å². The Bertz CT molecular complexity index is 6.00. The molecule has 4 heteroatoms. The van der Waals surface area contributed by atoms with Crippen molar-refractivity contribution in [3.8, 4) is 0 Å². The van der Waals surface area contributed by atoms with Gasteiger partial charge in [0.1, 0.15) is 0 Å². The van der Waals surface area contributed by atoms with Gasteiger partial charge in [-0.05, 0) is 0 Å². The predicted octanol–water partition coefficient (Wildman–Crippen LogP) is -1.50. The molecule has 0 aliphatic heterocycles. The smallest absolute Gasteiger partial charge is 0.429 e. The van der Waals surface area contributed by atoms with Crippen LogP contribution < -0.4 is 0 Å². The molecule has 0 saturated heterocycles. The van der Waals surface area contributed by atoms with E-state index in [4.69, 9.17) is 10.0 Å². The van der Waals surface area contributed by atoms with Crippen molar-refractivity contribution in [2.24, 2.45) is 0 Å². The van der Waals surface area contributed by atoms with Gasteiger partial charge in [-0.1, -0.05) is 0 Å². The first-order valence-electron chi connectivity index (χ1n) is 0.516. The first kappa shape index (κ1) is 8.82. The van der Waals surface area contributed by atoms with Crippen LogP contribution in [0.15, 0.2) is 0 Å². The van der Waals surface area contributed by atoms with Gasteiger partial charge in [-0.15, -0.1) is 0 Å². The maximum absolute atomic E-state index is 7.00. The van der Waals surface area contributed by atoms with Crippen molar-refractivity contribution in [2.45, 2.75) is 0 Å². The number of rotatable bonds is 0. The Morgan fingerprint density at radius 3 is 1.25 bits per heavy atom. The van der Waals surface area contributed by atoms with Gasteiger partial charge in [-0.2, -0.15) is 0 Å². The number of hydrogen-bond acceptors (Lipinski definition) is 2. The van der Waals surface area contributed by atoms with Crippen LogP contribution in [0.3, 0.4) is 0 Å². The molecule has 0 aromatic rings. The van der Waals surface area contributed by atoms with Crippen LogP contribution in [-0.4, -0.2) is 17.7 Å². The van der Waals surface area contributed by atoms with Crippen molar-refractivity contribution in [1.29, 1.82) is 0 Å². The van der Waals surface area contributed by atoms with E-state index in [0.717, 1.165) is 0 Å². The van der Waals surface area contributed by atoms with Crippen molar-refractivity contribution >= 4 is 7.69 Å². The van der Waals surface area contributed by atoms with E-state index in [2.05, 4.69) is 0 Å². The van der Waals surface area contributed by atoms with Gasteiger partial charge in [-0.3, -0.25) is 0 Å². The van der Waals surface area contributed by atoms with Crippen LogP contribution in [0.25, 0.3) is 0 Å². The minimum atomic E-state index is 0. The summed E-state index contributed by atoms with van der Waals surface area (Å²) in [6.07, 6.45) is 0. The van der Waals surface area contributed by atoms with Gasteiger partial charge in [0, 0.05) is 21.1 Å². The molecule has 0 atom stereocenters. The van der Waals surface area contributed by atoms with Gasteiger partial charge < -0.3 is 10.0 Å². The zero-order valence-electron chi connectivity index (χ0n) is 1.88. The van der Waals surface area contributed by atoms with E-state index in [1.54, 1.807) is 0 Å². The van der Waals surface area contributed by atoms with E-state index in [9.17, 15) is 0 Å². The summed E-state index contributed by atoms with van der Waals surface area (Å²) in [4.78, 5) is 0. The van der Waals surface area contributed by atoms with Gasteiger partial charge >= 0.3 is 7.69 Å². The average Bonchev–Trinajstić information content (AvgIpc) is 0.918. The zero-order valence-corrected chi connectivity index (χ0v) is 4.81. The molecule has 0 fully saturated rings. The molecule has 0 aliphatic carbocycles. The molecule has 0 amide bonds. The van der Waals surface area contributed by atoms with E-state index >= 15 is 0 Å². The molecule has 0 aromatic heterocycles. The van der Waals surface area contributed by atoms with Gasteiger partial charge in [-0.25, -0.2) is 0 Å². The Balaban J connectivity index is 0. The summed E-state index contributed by atoms with van der Waals surface area (Å²) in [5, 5.41) is 14.0. The fraction of sp³-hybridized carbons (Fsp3) is 0. The summed E-state index contributed by atoms with van der Waals surface area (Å²) in [5.41, 5.74) is 0. The second-order valence-corrected chi connectivity index (χ2v) is 0.115. The molecule has 4 heavy (non-hydrogen) atoms. The second-order valence-electron chi connectivity index (χ2n) is 0.115. The molecule has 1 radical (unpaired) electrons. The topological polar surface area (TPSA) is 40.5 Å². The molecule has 2 N–H and O–H groups in total. The van der Waals surface area contributed by atoms with Crippen LogP contribution in [0.1, 0.15) is 0 Å². The summed E-state index contributed by atoms with van der Waals surface area (Å²) in [6.45, 7) is 0. The quantitative estimate of drug-likeness (QED) is 0.496. The SMILES string of the molecule is O[B]O.[W]. The van der Waals surface area contributed by atoms with Crippen molar-refractivity contribution in [2.75, 3.05) is 0 Å². The monoisotopic (exact) mass is 229 g/mol. The maximum atomic E-state index is 7.00. The van der Waals surface area contributed by atoms with Crippen LogP contribution in [-0.2, 0) is 21.1 Å². The van der Waals surface area contributed by atoms with Crippen molar-refractivity contribution < 1.29 is 31.1 Å². The van der Waals surface area contributed by atoms with Crippen molar-refractivity contribution in [3.63, 3.8) is 0 Å². The van der Waals surface area contributed by atoms with Crippen LogP contribution in [0.5, 0.6) is 0 Å². The third-order valence-corrected chi connectivity index (χ3v) is 0. The van der Waals surface area contributed by atoms with E-state index in [1.807, 2.05) is 0 Å². The molecule has 0 unspecified atom stereocenters. The van der Waals surface area contributed by atoms with Crippen molar-refractivity contribution in [1.82, 2.24) is 0 Å². The summed E-state index contributed by atoms with van der Waals surface area (Å²) >= 11 is 0. The molecule has 0 rings (SSSR count). The molecule has 0 aromatic carbocycles.